The summed E-state index contributed by atoms with van der Waals surface area (Å²) >= 11 is 4.03. The lowest BCUT2D eigenvalue weighted by Crippen LogP contribution is -2.57. The molecule has 4 amide bonds. The third kappa shape index (κ3) is 6.35. The Bertz CT molecular complexity index is 632. The van der Waals surface area contributed by atoms with Crippen LogP contribution in [0.5, 0.6) is 0 Å². The molecule has 13 heteroatoms. The summed E-state index contributed by atoms with van der Waals surface area (Å²) in [5, 5.41) is 22.6. The smallest absolute Gasteiger partial charge is 0.326 e. The van der Waals surface area contributed by atoms with Crippen LogP contribution < -0.4 is 22.1 Å². The van der Waals surface area contributed by atoms with E-state index >= 15 is 0 Å². The zero-order valence-corrected chi connectivity index (χ0v) is 15.9. The largest absolute Gasteiger partial charge is 0.480 e. The van der Waals surface area contributed by atoms with E-state index in [1.54, 1.807) is 0 Å². The Hall–Kier alpha value is -2.38. The summed E-state index contributed by atoms with van der Waals surface area (Å²) in [6.45, 7) is -0.388. The summed E-state index contributed by atoms with van der Waals surface area (Å²) in [5.41, 5.74) is 10.4. The van der Waals surface area contributed by atoms with Crippen LogP contribution in [-0.2, 0) is 24.0 Å². The highest BCUT2D eigenvalue weighted by molar-refractivity contribution is 7.80. The number of nitrogens with zero attached hydrogens (tertiary/aromatic N) is 1. The number of aliphatic hydroxyl groups excluding tert-OH is 1. The molecule has 0 aliphatic carbocycles. The summed E-state index contributed by atoms with van der Waals surface area (Å²) in [6, 6.07) is -4.76. The van der Waals surface area contributed by atoms with Crippen molar-refractivity contribution in [3.63, 3.8) is 0 Å². The van der Waals surface area contributed by atoms with Gasteiger partial charge in [-0.05, 0) is 12.8 Å². The lowest BCUT2D eigenvalue weighted by Gasteiger charge is -2.29. The lowest BCUT2D eigenvalue weighted by molar-refractivity contribution is -0.145. The van der Waals surface area contributed by atoms with Crippen LogP contribution in [0.25, 0.3) is 0 Å². The molecule has 0 bridgehead atoms. The molecule has 12 nitrogen and oxygen atoms in total. The third-order valence-electron chi connectivity index (χ3n) is 4.19. The number of carboxylic acids is 1. The van der Waals surface area contributed by atoms with Gasteiger partial charge < -0.3 is 37.2 Å². The second-order valence-electron chi connectivity index (χ2n) is 6.29. The van der Waals surface area contributed by atoms with Crippen LogP contribution in [0.4, 0.5) is 0 Å². The molecule has 0 aromatic heterocycles. The van der Waals surface area contributed by atoms with Crippen molar-refractivity contribution >= 4 is 42.2 Å². The number of hydrogen-bond acceptors (Lipinski definition) is 8. The number of thiol groups is 1. The molecule has 1 rings (SSSR count). The standard InChI is InChI=1S/C15H25N5O7S/c16-7(5-21)12(23)19-9(6-28)14(25)20-3-1-2-10(20)13(24)18-8(15(26)27)4-11(17)22/h7-10,21,28H,1-6,16H2,(H2,17,22)(H,18,24)(H,19,23)(H,26,27). The van der Waals surface area contributed by atoms with Gasteiger partial charge in [0.1, 0.15) is 24.2 Å². The second kappa shape index (κ2) is 10.8. The highest BCUT2D eigenvalue weighted by Crippen LogP contribution is 2.19. The van der Waals surface area contributed by atoms with Crippen LogP contribution >= 0.6 is 12.6 Å². The molecule has 8 N–H and O–H groups in total. The maximum absolute atomic E-state index is 12.7. The normalized spacial score (nSPS) is 19.4. The molecule has 0 saturated carbocycles. The van der Waals surface area contributed by atoms with Gasteiger partial charge in [-0.1, -0.05) is 0 Å². The Kier molecular flexibility index (Phi) is 9.15. The molecule has 1 aliphatic heterocycles. The zero-order chi connectivity index (χ0) is 21.4. The maximum atomic E-state index is 12.7. The number of nitrogens with one attached hydrogen (secondary N) is 2. The van der Waals surface area contributed by atoms with E-state index in [1.807, 2.05) is 0 Å². The van der Waals surface area contributed by atoms with Crippen LogP contribution in [0.3, 0.4) is 0 Å². The number of hydrogen-bond donors (Lipinski definition) is 7. The molecule has 1 heterocycles. The monoisotopic (exact) mass is 419 g/mol. The van der Waals surface area contributed by atoms with Crippen LogP contribution in [-0.4, -0.2) is 87.8 Å². The fourth-order valence-electron chi connectivity index (χ4n) is 2.72. The van der Waals surface area contributed by atoms with Crippen molar-refractivity contribution in [3.8, 4) is 0 Å². The predicted molar refractivity (Wildman–Crippen MR) is 99.0 cm³/mol. The van der Waals surface area contributed by atoms with E-state index < -0.39 is 66.8 Å². The van der Waals surface area contributed by atoms with E-state index in [2.05, 4.69) is 23.3 Å². The Morgan fingerprint density at radius 2 is 1.82 bits per heavy atom. The molecule has 158 valence electrons. The maximum Gasteiger partial charge on any atom is 0.326 e. The number of nitrogens with two attached hydrogens (primary N) is 2. The molecule has 1 saturated heterocycles. The van der Waals surface area contributed by atoms with Crippen LogP contribution in [0.15, 0.2) is 0 Å². The Morgan fingerprint density at radius 3 is 2.32 bits per heavy atom. The summed E-state index contributed by atoms with van der Waals surface area (Å²) in [7, 11) is 0. The molecule has 0 aromatic rings. The summed E-state index contributed by atoms with van der Waals surface area (Å²) in [5.74, 6) is -4.48. The minimum atomic E-state index is -1.51. The van der Waals surface area contributed by atoms with Crippen LogP contribution in [0, 0.1) is 0 Å². The molecule has 4 atom stereocenters. The van der Waals surface area contributed by atoms with E-state index in [-0.39, 0.29) is 18.7 Å². The number of primary amides is 1. The van der Waals surface area contributed by atoms with E-state index in [4.69, 9.17) is 21.7 Å². The number of likely N-dealkylation sites (tertiary alicyclic amines) is 1. The van der Waals surface area contributed by atoms with Gasteiger partial charge in [-0.25, -0.2) is 4.79 Å². The van der Waals surface area contributed by atoms with Gasteiger partial charge in [0.15, 0.2) is 0 Å². The van der Waals surface area contributed by atoms with Gasteiger partial charge in [0, 0.05) is 12.3 Å². The number of carbonyl (C=O) groups excluding carboxylic acids is 4. The average molecular weight is 419 g/mol. The first-order valence-corrected chi connectivity index (χ1v) is 9.15. The Morgan fingerprint density at radius 1 is 1.18 bits per heavy atom. The van der Waals surface area contributed by atoms with E-state index in [0.717, 1.165) is 0 Å². The first-order chi connectivity index (χ1) is 13.1. The summed E-state index contributed by atoms with van der Waals surface area (Å²) in [4.78, 5) is 60.4. The first-order valence-electron chi connectivity index (χ1n) is 8.52. The van der Waals surface area contributed by atoms with Crippen LogP contribution in [0.2, 0.25) is 0 Å². The van der Waals surface area contributed by atoms with E-state index in [1.165, 1.54) is 4.90 Å². The van der Waals surface area contributed by atoms with Crippen molar-refractivity contribution < 1.29 is 34.2 Å². The molecular weight excluding hydrogens is 394 g/mol. The van der Waals surface area contributed by atoms with Gasteiger partial charge >= 0.3 is 5.97 Å². The molecule has 28 heavy (non-hydrogen) atoms. The molecule has 1 aliphatic rings. The minimum absolute atomic E-state index is 0.0764. The second-order valence-corrected chi connectivity index (χ2v) is 6.66. The molecule has 0 radical (unpaired) electrons. The van der Waals surface area contributed by atoms with Crippen molar-refractivity contribution in [3.05, 3.63) is 0 Å². The van der Waals surface area contributed by atoms with Crippen molar-refractivity contribution in [2.45, 2.75) is 43.4 Å². The Labute approximate surface area is 166 Å². The van der Waals surface area contributed by atoms with Gasteiger partial charge in [0.05, 0.1) is 13.0 Å². The average Bonchev–Trinajstić information content (AvgIpc) is 3.13. The molecule has 1 fully saturated rings. The van der Waals surface area contributed by atoms with Crippen molar-refractivity contribution in [1.82, 2.24) is 15.5 Å². The lowest BCUT2D eigenvalue weighted by atomic mass is 10.1. The number of aliphatic carboxylic acids is 1. The topological polar surface area (TPSA) is 205 Å². The van der Waals surface area contributed by atoms with Crippen molar-refractivity contribution in [1.29, 1.82) is 0 Å². The van der Waals surface area contributed by atoms with Crippen molar-refractivity contribution in [2.24, 2.45) is 11.5 Å². The van der Waals surface area contributed by atoms with Gasteiger partial charge in [0.25, 0.3) is 0 Å². The highest BCUT2D eigenvalue weighted by Gasteiger charge is 2.38. The van der Waals surface area contributed by atoms with E-state index in [9.17, 15) is 24.0 Å². The number of carboxylic acid groups (broad SMARTS) is 1. The summed E-state index contributed by atoms with van der Waals surface area (Å²) in [6.07, 6.45) is 0.181. The third-order valence-corrected chi connectivity index (χ3v) is 4.55. The summed E-state index contributed by atoms with van der Waals surface area (Å²) < 4.78 is 0. The zero-order valence-electron chi connectivity index (χ0n) is 15.0. The van der Waals surface area contributed by atoms with Gasteiger partial charge in [-0.2, -0.15) is 12.6 Å². The SMILES string of the molecule is NC(=O)CC(NC(=O)C1CCCN1C(=O)C(CS)NC(=O)C(N)CO)C(=O)O. The van der Waals surface area contributed by atoms with Crippen molar-refractivity contribution in [2.75, 3.05) is 18.9 Å². The molecular formula is C15H25N5O7S. The van der Waals surface area contributed by atoms with Gasteiger partial charge in [-0.3, -0.25) is 19.2 Å². The molecule has 0 spiro atoms. The predicted octanol–water partition coefficient (Wildman–Crippen LogP) is -3.84. The Balaban J connectivity index is 2.84. The number of carbonyl (C=O) groups is 5. The molecule has 0 aromatic carbocycles. The number of rotatable bonds is 10. The number of aliphatic hydroxyl groups is 1. The minimum Gasteiger partial charge on any atom is -0.480 e. The van der Waals surface area contributed by atoms with Gasteiger partial charge in [-0.15, -0.1) is 0 Å². The fourth-order valence-corrected chi connectivity index (χ4v) is 2.97. The number of amides is 4. The van der Waals surface area contributed by atoms with Crippen LogP contribution in [0.1, 0.15) is 19.3 Å². The fraction of sp³-hybridized carbons (Fsp3) is 0.667. The quantitative estimate of drug-likeness (QED) is 0.174. The highest BCUT2D eigenvalue weighted by atomic mass is 32.1. The first kappa shape index (κ1) is 23.7. The molecule has 4 unspecified atom stereocenters. The van der Waals surface area contributed by atoms with E-state index in [0.29, 0.717) is 6.42 Å². The van der Waals surface area contributed by atoms with Gasteiger partial charge in [0.2, 0.25) is 23.6 Å².